The van der Waals surface area contributed by atoms with Gasteiger partial charge < -0.3 is 15.2 Å². The highest BCUT2D eigenvalue weighted by Gasteiger charge is 2.28. The van der Waals surface area contributed by atoms with Crippen LogP contribution in [0.4, 0.5) is 0 Å². The molecule has 2 N–H and O–H groups in total. The van der Waals surface area contributed by atoms with E-state index in [1.807, 2.05) is 46.0 Å². The molecule has 2 amide bonds. The summed E-state index contributed by atoms with van der Waals surface area (Å²) in [6, 6.07) is 11.8. The van der Waals surface area contributed by atoms with Crippen LogP contribution in [0.15, 0.2) is 36.4 Å². The number of likely N-dealkylation sites (tertiary alicyclic amines) is 1. The van der Waals surface area contributed by atoms with Gasteiger partial charge in [0.2, 0.25) is 0 Å². The zero-order valence-electron chi connectivity index (χ0n) is 15.6. The number of H-pyrrole nitrogens is 1. The molecule has 7 nitrogen and oxygen atoms in total. The number of carbonyl (C=O) groups excluding carboxylic acids is 2. The van der Waals surface area contributed by atoms with Gasteiger partial charge in [0.05, 0.1) is 5.69 Å². The van der Waals surface area contributed by atoms with Crippen LogP contribution in [-0.4, -0.2) is 51.1 Å². The van der Waals surface area contributed by atoms with Crippen molar-refractivity contribution in [3.8, 4) is 0 Å². The molecule has 0 saturated carbocycles. The van der Waals surface area contributed by atoms with Crippen molar-refractivity contribution in [1.82, 2.24) is 25.0 Å². The van der Waals surface area contributed by atoms with E-state index in [1.165, 1.54) is 0 Å². The predicted octanol–water partition coefficient (Wildman–Crippen LogP) is 2.52. The van der Waals surface area contributed by atoms with Crippen molar-refractivity contribution in [1.29, 1.82) is 0 Å². The second-order valence-corrected chi connectivity index (χ2v) is 7.62. The molecule has 0 atom stereocenters. The maximum absolute atomic E-state index is 12.9. The Morgan fingerprint density at radius 2 is 1.93 bits per heavy atom. The molecule has 1 aromatic carbocycles. The van der Waals surface area contributed by atoms with Crippen molar-refractivity contribution >= 4 is 22.7 Å². The van der Waals surface area contributed by atoms with Crippen LogP contribution in [0.3, 0.4) is 0 Å². The van der Waals surface area contributed by atoms with Crippen LogP contribution in [0.1, 0.15) is 51.9 Å². The third-order valence-electron chi connectivity index (χ3n) is 5.82. The molecule has 5 rings (SSSR count). The van der Waals surface area contributed by atoms with Gasteiger partial charge in [0.1, 0.15) is 11.4 Å². The van der Waals surface area contributed by atoms with Crippen molar-refractivity contribution in [3.05, 3.63) is 53.5 Å². The molecule has 2 aliphatic heterocycles. The first-order valence-electron chi connectivity index (χ1n) is 9.92. The summed E-state index contributed by atoms with van der Waals surface area (Å²) >= 11 is 0. The molecule has 3 aromatic rings. The normalized spacial score (nSPS) is 18.0. The van der Waals surface area contributed by atoms with Gasteiger partial charge in [-0.15, -0.1) is 0 Å². The standard InChI is InChI=1S/C21H23N5O2/c27-20-19-13-17(24-26(19)9-3-8-22-20)14-6-10-25(11-7-14)21(28)18-12-15-4-1-2-5-16(15)23-18/h1-2,4-5,12-14,23H,3,6-11H2,(H,22,27). The molecule has 28 heavy (non-hydrogen) atoms. The van der Waals surface area contributed by atoms with Gasteiger partial charge in [-0.25, -0.2) is 0 Å². The molecule has 7 heteroatoms. The minimum absolute atomic E-state index is 0.0392. The Balaban J connectivity index is 1.28. The van der Waals surface area contributed by atoms with Crippen LogP contribution in [0.2, 0.25) is 0 Å². The molecular weight excluding hydrogens is 354 g/mol. The predicted molar refractivity (Wildman–Crippen MR) is 105 cm³/mol. The number of benzene rings is 1. The number of nitrogens with one attached hydrogen (secondary N) is 2. The number of nitrogens with zero attached hydrogens (tertiary/aromatic N) is 3. The van der Waals surface area contributed by atoms with Crippen LogP contribution in [-0.2, 0) is 6.54 Å². The van der Waals surface area contributed by atoms with Gasteiger partial charge in [-0.2, -0.15) is 5.10 Å². The van der Waals surface area contributed by atoms with Gasteiger partial charge in [-0.3, -0.25) is 14.3 Å². The Bertz CT molecular complexity index is 1010. The molecule has 1 saturated heterocycles. The number of rotatable bonds is 2. The van der Waals surface area contributed by atoms with Gasteiger partial charge in [0, 0.05) is 43.0 Å². The van der Waals surface area contributed by atoms with Crippen molar-refractivity contribution in [2.75, 3.05) is 19.6 Å². The highest BCUT2D eigenvalue weighted by Crippen LogP contribution is 2.29. The van der Waals surface area contributed by atoms with E-state index >= 15 is 0 Å². The third kappa shape index (κ3) is 2.96. The number of amides is 2. The van der Waals surface area contributed by atoms with Crippen LogP contribution in [0.25, 0.3) is 10.9 Å². The number of aryl methyl sites for hydroxylation is 1. The quantitative estimate of drug-likeness (QED) is 0.720. The molecule has 0 bridgehead atoms. The van der Waals surface area contributed by atoms with Gasteiger partial charge in [0.25, 0.3) is 11.8 Å². The fourth-order valence-corrected chi connectivity index (χ4v) is 4.25. The summed E-state index contributed by atoms with van der Waals surface area (Å²) in [7, 11) is 0. The Morgan fingerprint density at radius 3 is 2.75 bits per heavy atom. The molecular formula is C21H23N5O2. The lowest BCUT2D eigenvalue weighted by atomic mass is 9.93. The van der Waals surface area contributed by atoms with Crippen LogP contribution in [0, 0.1) is 0 Å². The lowest BCUT2D eigenvalue weighted by Crippen LogP contribution is -2.38. The SMILES string of the molecule is O=C1NCCCn2nc(C3CCN(C(=O)c4cc5ccccc5[nH]4)CC3)cc21. The topological polar surface area (TPSA) is 83.0 Å². The summed E-state index contributed by atoms with van der Waals surface area (Å²) in [5.74, 6) is 0.302. The minimum Gasteiger partial charge on any atom is -0.351 e. The number of aromatic amines is 1. The molecule has 2 aromatic heterocycles. The molecule has 0 spiro atoms. The van der Waals surface area contributed by atoms with E-state index in [1.54, 1.807) is 0 Å². The van der Waals surface area contributed by atoms with Gasteiger partial charge in [-0.1, -0.05) is 18.2 Å². The summed E-state index contributed by atoms with van der Waals surface area (Å²) in [5, 5.41) is 8.65. The van der Waals surface area contributed by atoms with Crippen molar-refractivity contribution in [3.63, 3.8) is 0 Å². The van der Waals surface area contributed by atoms with E-state index in [0.29, 0.717) is 36.9 Å². The van der Waals surface area contributed by atoms with E-state index in [0.717, 1.165) is 42.4 Å². The average molecular weight is 377 g/mol. The summed E-state index contributed by atoms with van der Waals surface area (Å²) in [4.78, 5) is 30.2. The maximum Gasteiger partial charge on any atom is 0.270 e. The van der Waals surface area contributed by atoms with Gasteiger partial charge >= 0.3 is 0 Å². The number of aromatic nitrogens is 3. The first kappa shape index (κ1) is 17.0. The monoisotopic (exact) mass is 377 g/mol. The minimum atomic E-state index is -0.0392. The lowest BCUT2D eigenvalue weighted by molar-refractivity contribution is 0.0706. The number of para-hydroxylation sites is 1. The van der Waals surface area contributed by atoms with Crippen molar-refractivity contribution < 1.29 is 9.59 Å². The summed E-state index contributed by atoms with van der Waals surface area (Å²) in [5.41, 5.74) is 3.26. The van der Waals surface area contributed by atoms with Gasteiger partial charge in [0.15, 0.2) is 0 Å². The van der Waals surface area contributed by atoms with E-state index in [2.05, 4.69) is 15.4 Å². The molecule has 144 valence electrons. The highest BCUT2D eigenvalue weighted by atomic mass is 16.2. The van der Waals surface area contributed by atoms with Crippen molar-refractivity contribution in [2.24, 2.45) is 0 Å². The highest BCUT2D eigenvalue weighted by molar-refractivity contribution is 5.98. The summed E-state index contributed by atoms with van der Waals surface area (Å²) in [6.07, 6.45) is 2.63. The number of fused-ring (bicyclic) bond motifs is 2. The Morgan fingerprint density at radius 1 is 1.11 bits per heavy atom. The smallest absolute Gasteiger partial charge is 0.270 e. The Hall–Kier alpha value is -3.09. The first-order valence-corrected chi connectivity index (χ1v) is 9.92. The first-order chi connectivity index (χ1) is 13.7. The molecule has 0 aliphatic carbocycles. The Kier molecular flexibility index (Phi) is 4.15. The average Bonchev–Trinajstić information content (AvgIpc) is 3.31. The lowest BCUT2D eigenvalue weighted by Gasteiger charge is -2.31. The molecule has 0 unspecified atom stereocenters. The van der Waals surface area contributed by atoms with Crippen molar-refractivity contribution in [2.45, 2.75) is 31.7 Å². The fraction of sp³-hybridized carbons (Fsp3) is 0.381. The maximum atomic E-state index is 12.9. The van der Waals surface area contributed by atoms with E-state index in [-0.39, 0.29) is 11.8 Å². The third-order valence-corrected chi connectivity index (χ3v) is 5.82. The Labute approximate surface area is 162 Å². The number of carbonyl (C=O) groups is 2. The number of hydrogen-bond donors (Lipinski definition) is 2. The number of piperidine rings is 1. The van der Waals surface area contributed by atoms with E-state index in [4.69, 9.17) is 0 Å². The summed E-state index contributed by atoms with van der Waals surface area (Å²) < 4.78 is 1.83. The second-order valence-electron chi connectivity index (χ2n) is 7.62. The second kappa shape index (κ2) is 6.82. The summed E-state index contributed by atoms with van der Waals surface area (Å²) in [6.45, 7) is 2.87. The van der Waals surface area contributed by atoms with E-state index < -0.39 is 0 Å². The zero-order chi connectivity index (χ0) is 19.1. The van der Waals surface area contributed by atoms with Crippen LogP contribution < -0.4 is 5.32 Å². The largest absolute Gasteiger partial charge is 0.351 e. The molecule has 1 fully saturated rings. The number of hydrogen-bond acceptors (Lipinski definition) is 3. The van der Waals surface area contributed by atoms with Gasteiger partial charge in [-0.05, 0) is 37.5 Å². The zero-order valence-corrected chi connectivity index (χ0v) is 15.6. The van der Waals surface area contributed by atoms with Crippen LogP contribution >= 0.6 is 0 Å². The van der Waals surface area contributed by atoms with Crippen LogP contribution in [0.5, 0.6) is 0 Å². The fourth-order valence-electron chi connectivity index (χ4n) is 4.25. The molecule has 4 heterocycles. The molecule has 2 aliphatic rings. The molecule has 0 radical (unpaired) electrons. The van der Waals surface area contributed by atoms with E-state index in [9.17, 15) is 9.59 Å².